The Morgan fingerprint density at radius 1 is 1.00 bits per heavy atom. The summed E-state index contributed by atoms with van der Waals surface area (Å²) < 4.78 is 13.3. The Bertz CT molecular complexity index is 833. The van der Waals surface area contributed by atoms with E-state index < -0.39 is 0 Å². The van der Waals surface area contributed by atoms with E-state index >= 15 is 0 Å². The topological polar surface area (TPSA) is 30.3 Å². The Kier molecular flexibility index (Phi) is 3.70. The van der Waals surface area contributed by atoms with Crippen LogP contribution in [0.2, 0.25) is 0 Å². The third-order valence-electron chi connectivity index (χ3n) is 4.76. The maximum atomic E-state index is 13.3. The normalized spacial score (nSPS) is 17.0. The highest BCUT2D eigenvalue weighted by molar-refractivity contribution is 5.76. The molecule has 4 heteroatoms. The number of rotatable bonds is 2. The third-order valence-corrected chi connectivity index (χ3v) is 4.76. The summed E-state index contributed by atoms with van der Waals surface area (Å²) in [5, 5.41) is 13.7. The summed E-state index contributed by atoms with van der Waals surface area (Å²) in [6.45, 7) is 1.74. The van der Waals surface area contributed by atoms with Crippen molar-refractivity contribution in [3.63, 3.8) is 0 Å². The summed E-state index contributed by atoms with van der Waals surface area (Å²) in [6.07, 6.45) is 3.39. The van der Waals surface area contributed by atoms with Crippen LogP contribution < -0.4 is 5.01 Å². The number of fused-ring (bicyclic) bond motifs is 1. The van der Waals surface area contributed by atoms with Gasteiger partial charge in [0.2, 0.25) is 0 Å². The molecule has 2 aliphatic rings. The van der Waals surface area contributed by atoms with Crippen molar-refractivity contribution < 1.29 is 4.39 Å². The second kappa shape index (κ2) is 6.01. The fourth-order valence-electron chi connectivity index (χ4n) is 3.59. The minimum Gasteiger partial charge on any atom is -0.289 e. The van der Waals surface area contributed by atoms with Gasteiger partial charge in [0.15, 0.2) is 0 Å². The Balaban J connectivity index is 1.73. The van der Waals surface area contributed by atoms with Crippen LogP contribution in [0.25, 0.3) is 5.57 Å². The number of halogens is 1. The second-order valence-electron chi connectivity index (χ2n) is 6.23. The van der Waals surface area contributed by atoms with E-state index in [4.69, 9.17) is 5.26 Å². The van der Waals surface area contributed by atoms with E-state index in [1.807, 2.05) is 36.4 Å². The molecule has 4 rings (SSSR count). The molecule has 0 unspecified atom stereocenters. The van der Waals surface area contributed by atoms with Crippen molar-refractivity contribution >= 4 is 11.3 Å². The number of hydrogen-bond donors (Lipinski definition) is 0. The van der Waals surface area contributed by atoms with Crippen molar-refractivity contribution in [3.05, 3.63) is 71.2 Å². The Labute approximate surface area is 141 Å². The highest BCUT2D eigenvalue weighted by Crippen LogP contribution is 2.39. The zero-order valence-corrected chi connectivity index (χ0v) is 13.4. The van der Waals surface area contributed by atoms with Gasteiger partial charge in [0, 0.05) is 17.8 Å². The number of anilines is 1. The van der Waals surface area contributed by atoms with Crippen molar-refractivity contribution in [3.8, 4) is 6.07 Å². The highest BCUT2D eigenvalue weighted by atomic mass is 19.1. The quantitative estimate of drug-likeness (QED) is 0.825. The summed E-state index contributed by atoms with van der Waals surface area (Å²) in [5.41, 5.74) is 5.37. The van der Waals surface area contributed by atoms with Gasteiger partial charge in [-0.25, -0.2) is 4.39 Å². The van der Waals surface area contributed by atoms with Crippen molar-refractivity contribution in [2.24, 2.45) is 0 Å². The van der Waals surface area contributed by atoms with E-state index in [0.29, 0.717) is 5.56 Å². The smallest absolute Gasteiger partial charge is 0.123 e. The van der Waals surface area contributed by atoms with Gasteiger partial charge in [0.1, 0.15) is 5.82 Å². The lowest BCUT2D eigenvalue weighted by Crippen LogP contribution is -2.40. The molecule has 2 aromatic rings. The molecule has 0 aromatic heterocycles. The van der Waals surface area contributed by atoms with Crippen LogP contribution >= 0.6 is 0 Å². The van der Waals surface area contributed by atoms with Gasteiger partial charge in [0.25, 0.3) is 0 Å². The maximum absolute atomic E-state index is 13.3. The van der Waals surface area contributed by atoms with E-state index in [0.717, 1.165) is 37.2 Å². The van der Waals surface area contributed by atoms with E-state index in [9.17, 15) is 4.39 Å². The average molecular weight is 319 g/mol. The number of allylic oxidation sites excluding steroid dienone is 1. The SMILES string of the molecule is N#Cc1cccc(N2CC(c3ccc(F)cc3)=C3CCCCN32)c1. The molecule has 2 aliphatic heterocycles. The lowest BCUT2D eigenvalue weighted by atomic mass is 10.00. The van der Waals surface area contributed by atoms with Crippen molar-refractivity contribution in [1.29, 1.82) is 5.26 Å². The first-order valence-corrected chi connectivity index (χ1v) is 8.29. The molecule has 0 atom stereocenters. The summed E-state index contributed by atoms with van der Waals surface area (Å²) in [4.78, 5) is 0. The minimum absolute atomic E-state index is 0.207. The first kappa shape index (κ1) is 14.8. The van der Waals surface area contributed by atoms with Crippen LogP contribution in [-0.4, -0.2) is 18.1 Å². The number of hydrazine groups is 1. The maximum Gasteiger partial charge on any atom is 0.123 e. The van der Waals surface area contributed by atoms with Crippen LogP contribution in [0.15, 0.2) is 54.2 Å². The molecule has 24 heavy (non-hydrogen) atoms. The Morgan fingerprint density at radius 2 is 1.83 bits per heavy atom. The van der Waals surface area contributed by atoms with Crippen LogP contribution in [0, 0.1) is 17.1 Å². The lowest BCUT2D eigenvalue weighted by molar-refractivity contribution is 0.294. The molecule has 1 fully saturated rings. The standard InChI is InChI=1S/C20H18FN3/c21-17-9-7-16(8-10-17)19-14-24(23-11-2-1-6-20(19)23)18-5-3-4-15(12-18)13-22/h3-5,7-10,12H,1-2,6,11,14H2. The molecule has 0 N–H and O–H groups in total. The molecule has 0 spiro atoms. The second-order valence-corrected chi connectivity index (χ2v) is 6.23. The third kappa shape index (κ3) is 2.52. The summed E-state index contributed by atoms with van der Waals surface area (Å²) in [6, 6.07) is 16.7. The molecule has 120 valence electrons. The molecule has 2 heterocycles. The van der Waals surface area contributed by atoms with Crippen LogP contribution in [0.5, 0.6) is 0 Å². The predicted octanol–water partition coefficient (Wildman–Crippen LogP) is 4.33. The van der Waals surface area contributed by atoms with Gasteiger partial charge in [-0.1, -0.05) is 18.2 Å². The summed E-state index contributed by atoms with van der Waals surface area (Å²) in [7, 11) is 0. The van der Waals surface area contributed by atoms with Crippen LogP contribution in [-0.2, 0) is 0 Å². The van der Waals surface area contributed by atoms with E-state index in [1.165, 1.54) is 29.8 Å². The molecule has 0 radical (unpaired) electrons. The zero-order valence-electron chi connectivity index (χ0n) is 13.4. The Morgan fingerprint density at radius 3 is 2.62 bits per heavy atom. The van der Waals surface area contributed by atoms with Crippen LogP contribution in [0.4, 0.5) is 10.1 Å². The molecule has 3 nitrogen and oxygen atoms in total. The number of nitrogens with zero attached hydrogens (tertiary/aromatic N) is 3. The first-order valence-electron chi connectivity index (χ1n) is 8.29. The van der Waals surface area contributed by atoms with Gasteiger partial charge in [-0.2, -0.15) is 5.26 Å². The first-order chi connectivity index (χ1) is 11.8. The van der Waals surface area contributed by atoms with Crippen LogP contribution in [0.3, 0.4) is 0 Å². The largest absolute Gasteiger partial charge is 0.289 e. The molecule has 0 saturated carbocycles. The number of nitriles is 1. The minimum atomic E-state index is -0.207. The van der Waals surface area contributed by atoms with Gasteiger partial charge in [-0.05, 0) is 55.2 Å². The monoisotopic (exact) mass is 319 g/mol. The molecule has 1 saturated heterocycles. The average Bonchev–Trinajstić information content (AvgIpc) is 3.02. The fourth-order valence-corrected chi connectivity index (χ4v) is 3.59. The lowest BCUT2D eigenvalue weighted by Gasteiger charge is -2.36. The van der Waals surface area contributed by atoms with Crippen molar-refractivity contribution in [1.82, 2.24) is 5.01 Å². The fraction of sp³-hybridized carbons (Fsp3) is 0.250. The molecule has 0 aliphatic carbocycles. The van der Waals surface area contributed by atoms with Gasteiger partial charge >= 0.3 is 0 Å². The Hall–Kier alpha value is -2.80. The zero-order chi connectivity index (χ0) is 16.5. The molecule has 0 bridgehead atoms. The van der Waals surface area contributed by atoms with Gasteiger partial charge in [-0.15, -0.1) is 0 Å². The van der Waals surface area contributed by atoms with Crippen molar-refractivity contribution in [2.75, 3.05) is 18.1 Å². The number of benzene rings is 2. The van der Waals surface area contributed by atoms with Gasteiger partial charge < -0.3 is 0 Å². The molecular weight excluding hydrogens is 301 g/mol. The van der Waals surface area contributed by atoms with E-state index in [-0.39, 0.29) is 5.82 Å². The number of piperidine rings is 1. The van der Waals surface area contributed by atoms with E-state index in [2.05, 4.69) is 16.1 Å². The molecule has 0 amide bonds. The van der Waals surface area contributed by atoms with Crippen LogP contribution in [0.1, 0.15) is 30.4 Å². The predicted molar refractivity (Wildman–Crippen MR) is 92.4 cm³/mol. The summed E-state index contributed by atoms with van der Waals surface area (Å²) >= 11 is 0. The van der Waals surface area contributed by atoms with Crippen molar-refractivity contribution in [2.45, 2.75) is 19.3 Å². The summed E-state index contributed by atoms with van der Waals surface area (Å²) in [5.74, 6) is -0.207. The highest BCUT2D eigenvalue weighted by Gasteiger charge is 2.32. The molecular formula is C20H18FN3. The number of hydrogen-bond acceptors (Lipinski definition) is 3. The molecule has 2 aromatic carbocycles. The van der Waals surface area contributed by atoms with E-state index in [1.54, 1.807) is 0 Å². The van der Waals surface area contributed by atoms with Gasteiger partial charge in [0.05, 0.1) is 23.9 Å². The van der Waals surface area contributed by atoms with Gasteiger partial charge in [-0.3, -0.25) is 10.0 Å².